The first-order valence-corrected chi connectivity index (χ1v) is 12.7. The number of esters is 1. The van der Waals surface area contributed by atoms with Crippen LogP contribution in [0.3, 0.4) is 0 Å². The molecule has 1 aromatic rings. The highest BCUT2D eigenvalue weighted by Crippen LogP contribution is 2.39. The molecule has 0 aliphatic carbocycles. The van der Waals surface area contributed by atoms with E-state index in [-0.39, 0.29) is 18.0 Å². The third kappa shape index (κ3) is 6.43. The number of amides is 2. The van der Waals surface area contributed by atoms with Gasteiger partial charge in [-0.05, 0) is 70.2 Å². The Kier molecular flexibility index (Phi) is 7.98. The molecule has 1 aromatic carbocycles. The number of hydrogen-bond acceptors (Lipinski definition) is 6. The number of fused-ring (bicyclic) bond motifs is 1. The van der Waals surface area contributed by atoms with Crippen LogP contribution in [0.1, 0.15) is 58.6 Å². The Morgan fingerprint density at radius 3 is 2.36 bits per heavy atom. The van der Waals surface area contributed by atoms with Crippen molar-refractivity contribution in [1.29, 1.82) is 0 Å². The topological polar surface area (TPSA) is 76.2 Å². The summed E-state index contributed by atoms with van der Waals surface area (Å²) in [5.74, 6) is 0.488. The Balaban J connectivity index is 1.68. The number of nitrogens with zero attached hydrogens (tertiary/aromatic N) is 2. The second-order valence-electron chi connectivity index (χ2n) is 9.88. The van der Waals surface area contributed by atoms with E-state index >= 15 is 0 Å². The lowest BCUT2D eigenvalue weighted by molar-refractivity contribution is -0.156. The van der Waals surface area contributed by atoms with Gasteiger partial charge in [-0.25, -0.2) is 4.79 Å². The molecule has 3 rings (SSSR count). The first kappa shape index (κ1) is 25.4. The number of likely N-dealkylation sites (tertiary alicyclic amines) is 1. The summed E-state index contributed by atoms with van der Waals surface area (Å²) >= 11 is 1.64. The molecule has 0 radical (unpaired) electrons. The molecule has 0 unspecified atom stereocenters. The molecular weight excluding hydrogens is 440 g/mol. The zero-order valence-corrected chi connectivity index (χ0v) is 21.3. The van der Waals surface area contributed by atoms with Crippen molar-refractivity contribution >= 4 is 29.7 Å². The van der Waals surface area contributed by atoms with E-state index in [1.54, 1.807) is 23.6 Å². The minimum Gasteiger partial charge on any atom is -0.466 e. The Bertz CT molecular complexity index is 887. The summed E-state index contributed by atoms with van der Waals surface area (Å²) in [7, 11) is 0. The lowest BCUT2D eigenvalue weighted by atomic mass is 9.80. The molecule has 2 amide bonds. The van der Waals surface area contributed by atoms with Gasteiger partial charge in [0.15, 0.2) is 0 Å². The van der Waals surface area contributed by atoms with E-state index in [0.717, 1.165) is 17.9 Å². The van der Waals surface area contributed by atoms with Crippen LogP contribution in [0.4, 0.5) is 4.79 Å². The maximum Gasteiger partial charge on any atom is 0.410 e. The predicted molar refractivity (Wildman–Crippen MR) is 128 cm³/mol. The molecule has 8 heteroatoms. The summed E-state index contributed by atoms with van der Waals surface area (Å²) in [6.07, 6.45) is 1.62. The van der Waals surface area contributed by atoms with Crippen molar-refractivity contribution in [2.75, 3.05) is 32.0 Å². The Hall–Kier alpha value is -2.22. The van der Waals surface area contributed by atoms with Crippen LogP contribution in [-0.4, -0.2) is 65.4 Å². The maximum absolute atomic E-state index is 13.0. The van der Waals surface area contributed by atoms with Gasteiger partial charge in [-0.2, -0.15) is 0 Å². The van der Waals surface area contributed by atoms with Crippen molar-refractivity contribution in [3.05, 3.63) is 29.3 Å². The van der Waals surface area contributed by atoms with Crippen LogP contribution in [0.5, 0.6) is 0 Å². The first-order chi connectivity index (χ1) is 15.5. The van der Waals surface area contributed by atoms with Crippen LogP contribution >= 0.6 is 11.8 Å². The second-order valence-corrected chi connectivity index (χ2v) is 10.9. The summed E-state index contributed by atoms with van der Waals surface area (Å²) in [6, 6.07) is 6.38. The number of rotatable bonds is 5. The Morgan fingerprint density at radius 2 is 1.76 bits per heavy atom. The van der Waals surface area contributed by atoms with Crippen molar-refractivity contribution in [2.45, 2.75) is 70.9 Å². The standard InChI is InChI=1S/C25H36N2O5S/c1-6-31-22(29)25(10-13-26(14-11-25)23(30)32-24(3,4)5)17-33-21-8-7-19-9-12-27(18(2)28)16-20(19)15-21/h7-8,15H,6,9-14,16-17H2,1-5H3. The molecule has 0 atom stereocenters. The van der Waals surface area contributed by atoms with Crippen molar-refractivity contribution in [3.63, 3.8) is 0 Å². The van der Waals surface area contributed by atoms with E-state index in [9.17, 15) is 14.4 Å². The molecular formula is C25H36N2O5S. The van der Waals surface area contributed by atoms with Gasteiger partial charge >= 0.3 is 12.1 Å². The minimum atomic E-state index is -0.638. The fourth-order valence-electron chi connectivity index (χ4n) is 4.25. The molecule has 2 aliphatic heterocycles. The summed E-state index contributed by atoms with van der Waals surface area (Å²) in [4.78, 5) is 41.9. The number of ether oxygens (including phenoxy) is 2. The third-order valence-electron chi connectivity index (χ3n) is 6.23. The van der Waals surface area contributed by atoms with Crippen molar-refractivity contribution < 1.29 is 23.9 Å². The Morgan fingerprint density at radius 1 is 1.06 bits per heavy atom. The molecule has 7 nitrogen and oxygen atoms in total. The lowest BCUT2D eigenvalue weighted by Crippen LogP contribution is -2.49. The number of thioether (sulfide) groups is 1. The molecule has 182 valence electrons. The van der Waals surface area contributed by atoms with Gasteiger partial charge in [0, 0.05) is 43.8 Å². The molecule has 0 aromatic heterocycles. The fraction of sp³-hybridized carbons (Fsp3) is 0.640. The van der Waals surface area contributed by atoms with Crippen LogP contribution in [-0.2, 0) is 32.0 Å². The van der Waals surface area contributed by atoms with E-state index in [1.165, 1.54) is 11.1 Å². The molecule has 1 fully saturated rings. The van der Waals surface area contributed by atoms with E-state index in [2.05, 4.69) is 18.2 Å². The summed E-state index contributed by atoms with van der Waals surface area (Å²) < 4.78 is 10.9. The molecule has 1 saturated heterocycles. The smallest absolute Gasteiger partial charge is 0.410 e. The average molecular weight is 477 g/mol. The van der Waals surface area contributed by atoms with Gasteiger partial charge in [0.05, 0.1) is 12.0 Å². The fourth-order valence-corrected chi connectivity index (χ4v) is 5.49. The first-order valence-electron chi connectivity index (χ1n) is 11.7. The summed E-state index contributed by atoms with van der Waals surface area (Å²) in [5, 5.41) is 0. The van der Waals surface area contributed by atoms with Crippen molar-refractivity contribution in [1.82, 2.24) is 9.80 Å². The number of hydrogen-bond donors (Lipinski definition) is 0. The van der Waals surface area contributed by atoms with E-state index in [4.69, 9.17) is 9.47 Å². The normalized spacial score (nSPS) is 17.8. The van der Waals surface area contributed by atoms with Crippen molar-refractivity contribution in [2.24, 2.45) is 5.41 Å². The molecule has 0 spiro atoms. The van der Waals surface area contributed by atoms with Gasteiger partial charge in [0.1, 0.15) is 5.60 Å². The number of benzene rings is 1. The van der Waals surface area contributed by atoms with Crippen LogP contribution in [0, 0.1) is 5.41 Å². The highest BCUT2D eigenvalue weighted by atomic mass is 32.2. The lowest BCUT2D eigenvalue weighted by Gasteiger charge is -2.40. The molecule has 2 heterocycles. The van der Waals surface area contributed by atoms with Gasteiger partial charge in [0.2, 0.25) is 5.91 Å². The van der Waals surface area contributed by atoms with E-state index in [1.807, 2.05) is 32.6 Å². The third-order valence-corrected chi connectivity index (χ3v) is 7.52. The monoisotopic (exact) mass is 476 g/mol. The molecule has 0 saturated carbocycles. The van der Waals surface area contributed by atoms with E-state index < -0.39 is 11.0 Å². The molecule has 2 aliphatic rings. The summed E-state index contributed by atoms with van der Waals surface area (Å²) in [6.45, 7) is 11.6. The van der Waals surface area contributed by atoms with Crippen LogP contribution in [0.15, 0.2) is 23.1 Å². The minimum absolute atomic E-state index is 0.0942. The van der Waals surface area contributed by atoms with Crippen molar-refractivity contribution in [3.8, 4) is 0 Å². The largest absolute Gasteiger partial charge is 0.466 e. The zero-order valence-electron chi connectivity index (χ0n) is 20.4. The van der Waals surface area contributed by atoms with Gasteiger partial charge < -0.3 is 19.3 Å². The van der Waals surface area contributed by atoms with Crippen LogP contribution in [0.2, 0.25) is 0 Å². The van der Waals surface area contributed by atoms with Gasteiger partial charge in [0.25, 0.3) is 0 Å². The van der Waals surface area contributed by atoms with Crippen LogP contribution < -0.4 is 0 Å². The van der Waals surface area contributed by atoms with Gasteiger partial charge in [-0.1, -0.05) is 6.07 Å². The summed E-state index contributed by atoms with van der Waals surface area (Å²) in [5.41, 5.74) is 1.27. The quantitative estimate of drug-likeness (QED) is 0.467. The second kappa shape index (κ2) is 10.4. The molecule has 0 bridgehead atoms. The number of carbonyl (C=O) groups is 3. The highest BCUT2D eigenvalue weighted by molar-refractivity contribution is 7.99. The van der Waals surface area contributed by atoms with Gasteiger partial charge in [-0.3, -0.25) is 9.59 Å². The molecule has 33 heavy (non-hydrogen) atoms. The maximum atomic E-state index is 13.0. The molecule has 0 N–H and O–H groups in total. The van der Waals surface area contributed by atoms with E-state index in [0.29, 0.717) is 44.8 Å². The number of carbonyl (C=O) groups excluding carboxylic acids is 3. The highest BCUT2D eigenvalue weighted by Gasteiger charge is 2.44. The number of piperidine rings is 1. The zero-order chi connectivity index (χ0) is 24.2. The predicted octanol–water partition coefficient (Wildman–Crippen LogP) is 4.26. The SMILES string of the molecule is CCOC(=O)C1(CSc2ccc3c(c2)CN(C(C)=O)CC3)CCN(C(=O)OC(C)(C)C)CC1. The average Bonchev–Trinajstić information content (AvgIpc) is 2.76. The van der Waals surface area contributed by atoms with Crippen LogP contribution in [0.25, 0.3) is 0 Å². The Labute approximate surface area is 201 Å². The van der Waals surface area contributed by atoms with Gasteiger partial charge in [-0.15, -0.1) is 11.8 Å².